The highest BCUT2D eigenvalue weighted by Crippen LogP contribution is 2.13. The summed E-state index contributed by atoms with van der Waals surface area (Å²) in [5.41, 5.74) is -0.492. The molecule has 1 atom stereocenters. The molecule has 0 bridgehead atoms. The lowest BCUT2D eigenvalue weighted by Gasteiger charge is -2.20. The highest BCUT2D eigenvalue weighted by atomic mass is 16.2. The smallest absolute Gasteiger partial charge is 0.325 e. The fourth-order valence-corrected chi connectivity index (χ4v) is 2.04. The van der Waals surface area contributed by atoms with Crippen LogP contribution in [0.3, 0.4) is 0 Å². The van der Waals surface area contributed by atoms with Gasteiger partial charge in [-0.05, 0) is 33.1 Å². The number of imide groups is 2. The van der Waals surface area contributed by atoms with Crippen molar-refractivity contribution in [1.82, 2.24) is 20.9 Å². The summed E-state index contributed by atoms with van der Waals surface area (Å²) in [4.78, 5) is 48.0. The average molecular weight is 312 g/mol. The van der Waals surface area contributed by atoms with Crippen molar-refractivity contribution in [3.05, 3.63) is 0 Å². The molecular formula is C14H24N4O4. The molecule has 0 saturated carbocycles. The maximum absolute atomic E-state index is 12.1. The zero-order valence-electron chi connectivity index (χ0n) is 13.6. The molecule has 124 valence electrons. The largest absolute Gasteiger partial charge is 0.333 e. The maximum atomic E-state index is 12.1. The van der Waals surface area contributed by atoms with Gasteiger partial charge in [-0.1, -0.05) is 13.8 Å². The van der Waals surface area contributed by atoms with E-state index in [2.05, 4.69) is 16.0 Å². The number of carbonyl (C=O) groups is 4. The number of rotatable bonds is 4. The molecule has 3 N–H and O–H groups in total. The Labute approximate surface area is 130 Å². The highest BCUT2D eigenvalue weighted by molar-refractivity contribution is 6.07. The summed E-state index contributed by atoms with van der Waals surface area (Å²) in [7, 11) is 0. The van der Waals surface area contributed by atoms with Crippen LogP contribution in [0.25, 0.3) is 0 Å². The van der Waals surface area contributed by atoms with E-state index in [1.165, 1.54) is 0 Å². The van der Waals surface area contributed by atoms with Gasteiger partial charge in [0.05, 0.1) is 0 Å². The Morgan fingerprint density at radius 2 is 1.86 bits per heavy atom. The number of nitrogens with one attached hydrogen (secondary N) is 3. The molecule has 1 aliphatic rings. The molecule has 22 heavy (non-hydrogen) atoms. The minimum absolute atomic E-state index is 0.237. The molecule has 1 aliphatic heterocycles. The van der Waals surface area contributed by atoms with Crippen molar-refractivity contribution in [2.45, 2.75) is 52.6 Å². The Morgan fingerprint density at radius 3 is 2.36 bits per heavy atom. The van der Waals surface area contributed by atoms with Crippen molar-refractivity contribution in [3.63, 3.8) is 0 Å². The lowest BCUT2D eigenvalue weighted by Crippen LogP contribution is -2.51. The Bertz CT molecular complexity index is 482. The van der Waals surface area contributed by atoms with Gasteiger partial charge in [-0.2, -0.15) is 0 Å². The Kier molecular flexibility index (Phi) is 5.51. The molecule has 0 radical (unpaired) electrons. The molecular weight excluding hydrogens is 288 g/mol. The second kappa shape index (κ2) is 6.76. The number of carbonyl (C=O) groups excluding carboxylic acids is 4. The summed E-state index contributed by atoms with van der Waals surface area (Å²) in [6.07, 6.45) is 0.507. The summed E-state index contributed by atoms with van der Waals surface area (Å²) < 4.78 is 0. The lowest BCUT2D eigenvalue weighted by molar-refractivity contribution is -0.132. The average Bonchev–Trinajstić information content (AvgIpc) is 2.53. The molecule has 1 saturated heterocycles. The predicted molar refractivity (Wildman–Crippen MR) is 79.9 cm³/mol. The third-order valence-electron chi connectivity index (χ3n) is 2.86. The molecule has 8 heteroatoms. The molecule has 0 aromatic rings. The second-order valence-corrected chi connectivity index (χ2v) is 6.81. The van der Waals surface area contributed by atoms with Crippen molar-refractivity contribution < 1.29 is 19.2 Å². The quantitative estimate of drug-likeness (QED) is 0.660. The second-order valence-electron chi connectivity index (χ2n) is 6.81. The third kappa shape index (κ3) is 5.34. The van der Waals surface area contributed by atoms with Gasteiger partial charge in [0, 0.05) is 5.54 Å². The zero-order chi connectivity index (χ0) is 17.1. The van der Waals surface area contributed by atoms with Crippen molar-refractivity contribution in [3.8, 4) is 0 Å². The predicted octanol–water partition coefficient (Wildman–Crippen LogP) is 0.577. The first-order valence-electron chi connectivity index (χ1n) is 7.23. The molecule has 8 nitrogen and oxygen atoms in total. The minimum atomic E-state index is -0.713. The van der Waals surface area contributed by atoms with Crippen LogP contribution in [0, 0.1) is 5.92 Å². The Morgan fingerprint density at radius 1 is 1.27 bits per heavy atom. The first-order chi connectivity index (χ1) is 9.99. The van der Waals surface area contributed by atoms with Crippen LogP contribution in [-0.2, 0) is 9.59 Å². The van der Waals surface area contributed by atoms with Crippen molar-refractivity contribution in [2.75, 3.05) is 6.54 Å². The first-order valence-corrected chi connectivity index (χ1v) is 7.23. The Hall–Kier alpha value is -2.12. The summed E-state index contributed by atoms with van der Waals surface area (Å²) >= 11 is 0. The van der Waals surface area contributed by atoms with E-state index >= 15 is 0 Å². The van der Waals surface area contributed by atoms with Crippen molar-refractivity contribution in [2.24, 2.45) is 5.92 Å². The number of nitrogens with zero attached hydrogens (tertiary/aromatic N) is 1. The minimum Gasteiger partial charge on any atom is -0.333 e. The van der Waals surface area contributed by atoms with E-state index in [0.717, 1.165) is 4.90 Å². The monoisotopic (exact) mass is 312 g/mol. The van der Waals surface area contributed by atoms with Crippen LogP contribution in [0.4, 0.5) is 9.59 Å². The Balaban J connectivity index is 2.56. The molecule has 6 amide bonds. The van der Waals surface area contributed by atoms with Gasteiger partial charge >= 0.3 is 12.1 Å². The van der Waals surface area contributed by atoms with E-state index in [9.17, 15) is 19.2 Å². The van der Waals surface area contributed by atoms with Gasteiger partial charge in [-0.3, -0.25) is 19.8 Å². The van der Waals surface area contributed by atoms with E-state index in [-0.39, 0.29) is 5.92 Å². The fraction of sp³-hybridized carbons (Fsp3) is 0.714. The van der Waals surface area contributed by atoms with Gasteiger partial charge in [0.1, 0.15) is 12.6 Å². The number of urea groups is 2. The zero-order valence-corrected chi connectivity index (χ0v) is 13.6. The van der Waals surface area contributed by atoms with E-state index < -0.39 is 42.0 Å². The third-order valence-corrected chi connectivity index (χ3v) is 2.86. The highest BCUT2D eigenvalue weighted by Gasteiger charge is 2.39. The molecule has 1 rings (SSSR count). The van der Waals surface area contributed by atoms with Crippen LogP contribution < -0.4 is 16.0 Å². The number of hydrogen-bond acceptors (Lipinski definition) is 4. The van der Waals surface area contributed by atoms with Gasteiger partial charge in [0.2, 0.25) is 5.91 Å². The van der Waals surface area contributed by atoms with Crippen molar-refractivity contribution in [1.29, 1.82) is 0 Å². The normalized spacial score (nSPS) is 18.5. The summed E-state index contributed by atoms with van der Waals surface area (Å²) in [6.45, 7) is 8.70. The van der Waals surface area contributed by atoms with Crippen LogP contribution in [0.15, 0.2) is 0 Å². The van der Waals surface area contributed by atoms with Crippen LogP contribution in [0.1, 0.15) is 41.0 Å². The number of hydrogen-bond donors (Lipinski definition) is 3. The van der Waals surface area contributed by atoms with Gasteiger partial charge in [0.25, 0.3) is 5.91 Å². The standard InChI is InChI=1S/C14H24N4O4/c1-8(2)6-9-11(20)18(13(22)15-9)7-10(19)16-12(21)17-14(3,4)5/h8-9H,6-7H2,1-5H3,(H,15,22)(H2,16,17,19,21)/t9-/m1/s1. The van der Waals surface area contributed by atoms with E-state index in [1.807, 2.05) is 13.8 Å². The molecule has 0 aliphatic carbocycles. The van der Waals surface area contributed by atoms with E-state index in [4.69, 9.17) is 0 Å². The topological polar surface area (TPSA) is 108 Å². The SMILES string of the molecule is CC(C)C[C@H]1NC(=O)N(CC(=O)NC(=O)NC(C)(C)C)C1=O. The number of amides is 6. The van der Waals surface area contributed by atoms with Gasteiger partial charge in [-0.15, -0.1) is 0 Å². The van der Waals surface area contributed by atoms with Crippen LogP contribution in [0.2, 0.25) is 0 Å². The lowest BCUT2D eigenvalue weighted by atomic mass is 10.0. The van der Waals surface area contributed by atoms with Crippen LogP contribution >= 0.6 is 0 Å². The molecule has 1 heterocycles. The molecule has 0 aromatic heterocycles. The molecule has 0 spiro atoms. The van der Waals surface area contributed by atoms with Crippen LogP contribution in [0.5, 0.6) is 0 Å². The first kappa shape index (κ1) is 17.9. The molecule has 0 aromatic carbocycles. The summed E-state index contributed by atoms with van der Waals surface area (Å²) in [6, 6.07) is -1.88. The van der Waals surface area contributed by atoms with Gasteiger partial charge in [0.15, 0.2) is 0 Å². The van der Waals surface area contributed by atoms with Gasteiger partial charge < -0.3 is 10.6 Å². The maximum Gasteiger partial charge on any atom is 0.325 e. The van der Waals surface area contributed by atoms with Crippen molar-refractivity contribution >= 4 is 23.9 Å². The van der Waals surface area contributed by atoms with E-state index in [0.29, 0.717) is 6.42 Å². The van der Waals surface area contributed by atoms with E-state index in [1.54, 1.807) is 20.8 Å². The summed E-state index contributed by atoms with van der Waals surface area (Å²) in [5.74, 6) is -0.916. The fourth-order valence-electron chi connectivity index (χ4n) is 2.04. The summed E-state index contributed by atoms with van der Waals surface area (Å²) in [5, 5.41) is 7.19. The molecule has 0 unspecified atom stereocenters. The van der Waals surface area contributed by atoms with Gasteiger partial charge in [-0.25, -0.2) is 9.59 Å². The molecule has 1 fully saturated rings. The van der Waals surface area contributed by atoms with Crippen LogP contribution in [-0.4, -0.2) is 46.9 Å².